The van der Waals surface area contributed by atoms with Gasteiger partial charge in [0, 0.05) is 17.2 Å². The number of allylic oxidation sites excluding steroid dienone is 1. The second-order valence-electron chi connectivity index (χ2n) is 9.13. The zero-order valence-corrected chi connectivity index (χ0v) is 16.7. The van der Waals surface area contributed by atoms with Gasteiger partial charge in [-0.3, -0.25) is 0 Å². The van der Waals surface area contributed by atoms with Gasteiger partial charge in [-0.05, 0) is 55.1 Å². The van der Waals surface area contributed by atoms with E-state index in [1.807, 2.05) is 0 Å². The maximum Gasteiger partial charge on any atom is 0.0463 e. The van der Waals surface area contributed by atoms with Gasteiger partial charge in [0.1, 0.15) is 0 Å². The lowest BCUT2D eigenvalue weighted by atomic mass is 9.60. The minimum atomic E-state index is -0.0373. The van der Waals surface area contributed by atoms with E-state index in [0.717, 1.165) is 12.1 Å². The molecule has 1 aromatic rings. The standard InChI is InChI=1S/C25H36N2/c26-22-16-17-25(21-14-8-3-9-15-21,18-19-10-4-1-5-11-19)24(27)23(22)20-12-6-2-7-13-20/h1,4-5,10-11,16-17,20-22H,2-3,6-9,12-15,18,26-27H2. The van der Waals surface area contributed by atoms with Crippen molar-refractivity contribution in [1.82, 2.24) is 0 Å². The molecule has 1 aromatic carbocycles. The molecule has 4 rings (SSSR count). The van der Waals surface area contributed by atoms with Crippen LogP contribution in [0.15, 0.2) is 53.8 Å². The van der Waals surface area contributed by atoms with E-state index in [0.29, 0.717) is 11.8 Å². The van der Waals surface area contributed by atoms with Crippen LogP contribution in [0.2, 0.25) is 0 Å². The summed E-state index contributed by atoms with van der Waals surface area (Å²) in [5.41, 5.74) is 17.6. The van der Waals surface area contributed by atoms with Crippen LogP contribution in [0.25, 0.3) is 0 Å². The highest BCUT2D eigenvalue weighted by Crippen LogP contribution is 2.50. The molecule has 0 saturated heterocycles. The highest BCUT2D eigenvalue weighted by atomic mass is 14.7. The van der Waals surface area contributed by atoms with Gasteiger partial charge >= 0.3 is 0 Å². The topological polar surface area (TPSA) is 52.0 Å². The number of nitrogens with two attached hydrogens (primary N) is 2. The van der Waals surface area contributed by atoms with E-state index >= 15 is 0 Å². The third kappa shape index (κ3) is 3.74. The molecule has 0 amide bonds. The van der Waals surface area contributed by atoms with Gasteiger partial charge in [-0.25, -0.2) is 0 Å². The molecule has 0 aromatic heterocycles. The predicted octanol–water partition coefficient (Wildman–Crippen LogP) is 5.49. The largest absolute Gasteiger partial charge is 0.401 e. The van der Waals surface area contributed by atoms with Gasteiger partial charge in [-0.1, -0.05) is 81.0 Å². The van der Waals surface area contributed by atoms with Crippen molar-refractivity contribution in [3.8, 4) is 0 Å². The fraction of sp³-hybridized carbons (Fsp3) is 0.600. The van der Waals surface area contributed by atoms with Crippen molar-refractivity contribution < 1.29 is 0 Å². The molecule has 2 unspecified atom stereocenters. The van der Waals surface area contributed by atoms with Crippen LogP contribution in [0.1, 0.15) is 69.8 Å². The van der Waals surface area contributed by atoms with Crippen LogP contribution in [-0.4, -0.2) is 6.04 Å². The SMILES string of the molecule is NC1=C(C2CCCCC2)C(N)C=CC1(Cc1ccccc1)C1CCCCC1. The lowest BCUT2D eigenvalue weighted by Gasteiger charge is -2.46. The van der Waals surface area contributed by atoms with Gasteiger partial charge in [0.05, 0.1) is 0 Å². The van der Waals surface area contributed by atoms with E-state index in [1.165, 1.54) is 75.3 Å². The van der Waals surface area contributed by atoms with Gasteiger partial charge in [-0.15, -0.1) is 0 Å². The molecule has 0 heterocycles. The summed E-state index contributed by atoms with van der Waals surface area (Å²) in [4.78, 5) is 0. The van der Waals surface area contributed by atoms with Crippen molar-refractivity contribution in [2.45, 2.75) is 76.7 Å². The van der Waals surface area contributed by atoms with Crippen LogP contribution < -0.4 is 11.5 Å². The van der Waals surface area contributed by atoms with E-state index in [1.54, 1.807) is 0 Å². The first-order valence-electron chi connectivity index (χ1n) is 11.2. The van der Waals surface area contributed by atoms with Crippen molar-refractivity contribution in [2.24, 2.45) is 28.7 Å². The van der Waals surface area contributed by atoms with E-state index in [4.69, 9.17) is 11.5 Å². The zero-order valence-electron chi connectivity index (χ0n) is 16.7. The normalized spacial score (nSPS) is 30.6. The fourth-order valence-electron chi connectivity index (χ4n) is 6.03. The third-order valence-corrected chi connectivity index (χ3v) is 7.49. The molecule has 0 bridgehead atoms. The van der Waals surface area contributed by atoms with Gasteiger partial charge in [0.25, 0.3) is 0 Å². The molecular weight excluding hydrogens is 328 g/mol. The summed E-state index contributed by atoms with van der Waals surface area (Å²) < 4.78 is 0. The van der Waals surface area contributed by atoms with Crippen molar-refractivity contribution >= 4 is 0 Å². The molecule has 146 valence electrons. The highest BCUT2D eigenvalue weighted by molar-refractivity contribution is 5.40. The number of hydrogen-bond donors (Lipinski definition) is 2. The summed E-state index contributed by atoms with van der Waals surface area (Å²) >= 11 is 0. The summed E-state index contributed by atoms with van der Waals surface area (Å²) in [5.74, 6) is 1.24. The molecule has 27 heavy (non-hydrogen) atoms. The average molecular weight is 365 g/mol. The molecule has 2 saturated carbocycles. The molecule has 2 nitrogen and oxygen atoms in total. The van der Waals surface area contributed by atoms with Crippen molar-refractivity contribution in [1.29, 1.82) is 0 Å². The Morgan fingerprint density at radius 1 is 0.852 bits per heavy atom. The summed E-state index contributed by atoms with van der Waals surface area (Å²) in [5, 5.41) is 0. The second-order valence-corrected chi connectivity index (χ2v) is 9.13. The Bertz CT molecular complexity index is 678. The Hall–Kier alpha value is -1.54. The van der Waals surface area contributed by atoms with Gasteiger partial charge < -0.3 is 11.5 Å². The zero-order chi connectivity index (χ0) is 18.7. The molecule has 3 aliphatic carbocycles. The lowest BCUT2D eigenvalue weighted by Crippen LogP contribution is -2.45. The molecule has 0 aliphatic heterocycles. The number of benzene rings is 1. The Morgan fingerprint density at radius 2 is 1.48 bits per heavy atom. The van der Waals surface area contributed by atoms with Gasteiger partial charge in [0.2, 0.25) is 0 Å². The van der Waals surface area contributed by atoms with Crippen molar-refractivity contribution in [2.75, 3.05) is 0 Å². The van der Waals surface area contributed by atoms with Crippen molar-refractivity contribution in [3.63, 3.8) is 0 Å². The van der Waals surface area contributed by atoms with Gasteiger partial charge in [-0.2, -0.15) is 0 Å². The Balaban J connectivity index is 1.75. The third-order valence-electron chi connectivity index (χ3n) is 7.49. The van der Waals surface area contributed by atoms with E-state index in [9.17, 15) is 0 Å². The van der Waals surface area contributed by atoms with E-state index in [-0.39, 0.29) is 11.5 Å². The summed E-state index contributed by atoms with van der Waals surface area (Å²) in [6.07, 6.45) is 18.9. The number of hydrogen-bond acceptors (Lipinski definition) is 2. The van der Waals surface area contributed by atoms with Crippen LogP contribution in [0.5, 0.6) is 0 Å². The minimum absolute atomic E-state index is 0.0144. The first kappa shape index (κ1) is 18.8. The molecular formula is C25H36N2. The molecule has 2 heteroatoms. The molecule has 0 radical (unpaired) electrons. The molecule has 0 spiro atoms. The fourth-order valence-corrected chi connectivity index (χ4v) is 6.03. The Morgan fingerprint density at radius 3 is 2.15 bits per heavy atom. The van der Waals surface area contributed by atoms with E-state index in [2.05, 4.69) is 42.5 Å². The average Bonchev–Trinajstić information content (AvgIpc) is 2.73. The quantitative estimate of drug-likeness (QED) is 0.694. The van der Waals surface area contributed by atoms with Crippen LogP contribution in [0.4, 0.5) is 0 Å². The second kappa shape index (κ2) is 8.22. The van der Waals surface area contributed by atoms with Crippen molar-refractivity contribution in [3.05, 3.63) is 59.3 Å². The molecule has 2 fully saturated rings. The van der Waals surface area contributed by atoms with Crippen LogP contribution in [-0.2, 0) is 6.42 Å². The molecule has 4 N–H and O–H groups in total. The monoisotopic (exact) mass is 364 g/mol. The summed E-state index contributed by atoms with van der Waals surface area (Å²) in [6, 6.07) is 11.0. The van der Waals surface area contributed by atoms with Crippen LogP contribution >= 0.6 is 0 Å². The lowest BCUT2D eigenvalue weighted by molar-refractivity contribution is 0.196. The Kier molecular flexibility index (Phi) is 5.73. The summed E-state index contributed by atoms with van der Waals surface area (Å²) in [6.45, 7) is 0. The molecule has 3 aliphatic rings. The smallest absolute Gasteiger partial charge is 0.0463 e. The summed E-state index contributed by atoms with van der Waals surface area (Å²) in [7, 11) is 0. The minimum Gasteiger partial charge on any atom is -0.401 e. The first-order valence-corrected chi connectivity index (χ1v) is 11.2. The van der Waals surface area contributed by atoms with Crippen LogP contribution in [0, 0.1) is 17.3 Å². The maximum atomic E-state index is 7.11. The maximum absolute atomic E-state index is 7.11. The number of rotatable bonds is 4. The van der Waals surface area contributed by atoms with E-state index < -0.39 is 0 Å². The Labute approximate surface area is 165 Å². The van der Waals surface area contributed by atoms with Crippen LogP contribution in [0.3, 0.4) is 0 Å². The first-order chi connectivity index (χ1) is 13.2. The predicted molar refractivity (Wildman–Crippen MR) is 114 cm³/mol. The molecule has 2 atom stereocenters. The van der Waals surface area contributed by atoms with Gasteiger partial charge in [0.15, 0.2) is 0 Å². The highest BCUT2D eigenvalue weighted by Gasteiger charge is 2.44.